The summed E-state index contributed by atoms with van der Waals surface area (Å²) in [6, 6.07) is 23.9. The Labute approximate surface area is 280 Å². The summed E-state index contributed by atoms with van der Waals surface area (Å²) in [7, 11) is 8.12. The van der Waals surface area contributed by atoms with Crippen molar-refractivity contribution >= 4 is 33.7 Å². The summed E-state index contributed by atoms with van der Waals surface area (Å²) in [6.45, 7) is 1.21. The van der Waals surface area contributed by atoms with Crippen molar-refractivity contribution in [1.29, 1.82) is 0 Å². The number of rotatable bonds is 17. The van der Waals surface area contributed by atoms with Crippen LogP contribution < -0.4 is 33.2 Å². The molecule has 47 heavy (non-hydrogen) atoms. The van der Waals surface area contributed by atoms with Crippen LogP contribution in [0.5, 0.6) is 40.2 Å². The van der Waals surface area contributed by atoms with Crippen LogP contribution in [-0.4, -0.2) is 53.7 Å². The monoisotopic (exact) mass is 655 g/mol. The summed E-state index contributed by atoms with van der Waals surface area (Å²) in [5.74, 6) is 4.64. The molecule has 4 aromatic carbocycles. The fourth-order valence-electron chi connectivity index (χ4n) is 5.14. The maximum absolute atomic E-state index is 6.13. The van der Waals surface area contributed by atoms with Crippen molar-refractivity contribution in [3.63, 3.8) is 0 Å². The van der Waals surface area contributed by atoms with E-state index in [1.807, 2.05) is 78.9 Å². The van der Waals surface area contributed by atoms with Crippen molar-refractivity contribution in [2.45, 2.75) is 25.7 Å². The highest BCUT2D eigenvalue weighted by molar-refractivity contribution is 7.21. The largest absolute Gasteiger partial charge is 0.493 e. The van der Waals surface area contributed by atoms with Gasteiger partial charge in [0.15, 0.2) is 34.5 Å². The van der Waals surface area contributed by atoms with E-state index < -0.39 is 0 Å². The Kier molecular flexibility index (Phi) is 11.8. The number of hydrogen-bond acceptors (Lipinski definition) is 9. The van der Waals surface area contributed by atoms with Gasteiger partial charge in [0.05, 0.1) is 59.0 Å². The van der Waals surface area contributed by atoms with Crippen molar-refractivity contribution in [3.05, 3.63) is 83.9 Å². The zero-order valence-electron chi connectivity index (χ0n) is 27.5. The summed E-state index contributed by atoms with van der Waals surface area (Å²) >= 11 is 1.67. The normalized spacial score (nSPS) is 11.1. The van der Waals surface area contributed by atoms with Crippen molar-refractivity contribution in [1.82, 2.24) is 4.98 Å². The zero-order valence-corrected chi connectivity index (χ0v) is 28.4. The van der Waals surface area contributed by atoms with E-state index in [-0.39, 0.29) is 0 Å². The minimum Gasteiger partial charge on any atom is -0.493 e. The molecule has 0 N–H and O–H groups in total. The molecule has 1 heterocycles. The van der Waals surface area contributed by atoms with Crippen LogP contribution in [0.1, 0.15) is 36.8 Å². The molecule has 5 aromatic rings. The summed E-state index contributed by atoms with van der Waals surface area (Å²) in [6.07, 6.45) is 7.92. The third kappa shape index (κ3) is 8.48. The number of unbranched alkanes of at least 4 members (excludes halogenated alkanes) is 3. The van der Waals surface area contributed by atoms with Crippen molar-refractivity contribution in [2.24, 2.45) is 0 Å². The minimum atomic E-state index is 0.562. The third-order valence-corrected chi connectivity index (χ3v) is 8.69. The van der Waals surface area contributed by atoms with Crippen molar-refractivity contribution in [2.75, 3.05) is 48.8 Å². The first kappa shape index (κ1) is 33.5. The van der Waals surface area contributed by atoms with Gasteiger partial charge in [-0.05, 0) is 91.4 Å². The van der Waals surface area contributed by atoms with Crippen LogP contribution in [0.2, 0.25) is 0 Å². The van der Waals surface area contributed by atoms with Crippen LogP contribution in [0, 0.1) is 0 Å². The van der Waals surface area contributed by atoms with Crippen LogP contribution in [0.25, 0.3) is 32.9 Å². The minimum absolute atomic E-state index is 0.562. The van der Waals surface area contributed by atoms with Gasteiger partial charge in [0.25, 0.3) is 0 Å². The lowest BCUT2D eigenvalue weighted by Crippen LogP contribution is -2.02. The molecule has 0 fully saturated rings. The van der Waals surface area contributed by atoms with Gasteiger partial charge < -0.3 is 33.2 Å². The first-order valence-corrected chi connectivity index (χ1v) is 16.3. The van der Waals surface area contributed by atoms with Crippen LogP contribution in [-0.2, 0) is 0 Å². The average molecular weight is 656 g/mol. The molecule has 0 bridgehead atoms. The van der Waals surface area contributed by atoms with Crippen LogP contribution in [0.4, 0.5) is 0 Å². The number of nitrogens with zero attached hydrogens (tertiary/aromatic N) is 1. The highest BCUT2D eigenvalue weighted by Gasteiger charge is 2.13. The van der Waals surface area contributed by atoms with Gasteiger partial charge in [0, 0.05) is 5.56 Å². The van der Waals surface area contributed by atoms with Gasteiger partial charge in [-0.2, -0.15) is 0 Å². The molecule has 0 atom stereocenters. The third-order valence-electron chi connectivity index (χ3n) is 7.60. The molecule has 0 saturated heterocycles. The predicted octanol–water partition coefficient (Wildman–Crippen LogP) is 9.19. The van der Waals surface area contributed by atoms with Gasteiger partial charge in [0.2, 0.25) is 5.75 Å². The Balaban J connectivity index is 1.08. The van der Waals surface area contributed by atoms with Crippen LogP contribution in [0.15, 0.2) is 72.8 Å². The summed E-state index contributed by atoms with van der Waals surface area (Å²) < 4.78 is 40.9. The van der Waals surface area contributed by atoms with Gasteiger partial charge in [-0.15, -0.1) is 11.3 Å². The summed E-state index contributed by atoms with van der Waals surface area (Å²) in [5.41, 5.74) is 3.93. The maximum Gasteiger partial charge on any atom is 0.203 e. The maximum atomic E-state index is 6.13. The highest BCUT2D eigenvalue weighted by atomic mass is 32.1. The molecular weight excluding hydrogens is 614 g/mol. The van der Waals surface area contributed by atoms with E-state index in [2.05, 4.69) is 6.07 Å². The molecule has 0 unspecified atom stereocenters. The Morgan fingerprint density at radius 2 is 1.17 bits per heavy atom. The molecule has 5 rings (SSSR count). The Bertz CT molecular complexity index is 1740. The van der Waals surface area contributed by atoms with E-state index in [1.54, 1.807) is 46.9 Å². The fourth-order valence-corrected chi connectivity index (χ4v) is 6.10. The molecule has 0 saturated carbocycles. The second-order valence-corrected chi connectivity index (χ2v) is 11.7. The number of para-hydroxylation sites is 1. The topological polar surface area (TPSA) is 77.5 Å². The van der Waals surface area contributed by atoms with Gasteiger partial charge in [-0.25, -0.2) is 4.98 Å². The number of methoxy groups -OCH3 is 5. The summed E-state index contributed by atoms with van der Waals surface area (Å²) in [5, 5.41) is 0.967. The first-order valence-electron chi connectivity index (χ1n) is 15.5. The lowest BCUT2D eigenvalue weighted by molar-refractivity contribution is 0.271. The number of aromatic nitrogens is 1. The van der Waals surface area contributed by atoms with Gasteiger partial charge in [-0.3, -0.25) is 0 Å². The van der Waals surface area contributed by atoms with Crippen molar-refractivity contribution in [3.8, 4) is 50.8 Å². The van der Waals surface area contributed by atoms with Gasteiger partial charge in [0.1, 0.15) is 5.01 Å². The molecule has 0 amide bonds. The smallest absolute Gasteiger partial charge is 0.203 e. The molecule has 0 spiro atoms. The lowest BCUT2D eigenvalue weighted by Gasteiger charge is -2.13. The van der Waals surface area contributed by atoms with E-state index in [4.69, 9.17) is 38.1 Å². The molecule has 0 radical (unpaired) electrons. The number of ether oxygens (including phenoxy) is 7. The molecule has 246 valence electrons. The fraction of sp³-hybridized carbons (Fsp3) is 0.289. The molecule has 8 nitrogen and oxygen atoms in total. The second-order valence-electron chi connectivity index (χ2n) is 10.7. The number of fused-ring (bicyclic) bond motifs is 1. The molecular formula is C38H41NO7S. The summed E-state index contributed by atoms with van der Waals surface area (Å²) in [4.78, 5) is 4.76. The van der Waals surface area contributed by atoms with E-state index in [0.29, 0.717) is 47.7 Å². The SMILES string of the molecule is COc1cc(-c2nc3ccccc3s2)ccc1OCCCCCCOc1cc(/C=C\c2cc(OC)c(OC)c(OC)c2)ccc1OC. The number of benzene rings is 4. The van der Waals surface area contributed by atoms with E-state index in [1.165, 1.54) is 4.70 Å². The molecule has 0 aliphatic heterocycles. The molecule has 0 aliphatic carbocycles. The predicted molar refractivity (Wildman–Crippen MR) is 189 cm³/mol. The standard InChI is InChI=1S/C38H41NO7S/c1-40-30-18-16-26(14-15-27-23-34(42-3)37(44-5)35(24-27)43-4)22-33(30)46-21-11-7-6-10-20-45-31-19-17-28(25-32(31)41-2)38-39-29-12-8-9-13-36(29)47-38/h8-9,12-19,22-25H,6-7,10-11,20-21H2,1-5H3/b15-14-. The highest BCUT2D eigenvalue weighted by Crippen LogP contribution is 2.39. The average Bonchev–Trinajstić information content (AvgIpc) is 3.56. The van der Waals surface area contributed by atoms with Crippen molar-refractivity contribution < 1.29 is 33.2 Å². The Morgan fingerprint density at radius 1 is 0.553 bits per heavy atom. The van der Waals surface area contributed by atoms with Gasteiger partial charge >= 0.3 is 0 Å². The second kappa shape index (κ2) is 16.6. The Hall–Kier alpha value is -4.89. The van der Waals surface area contributed by atoms with E-state index >= 15 is 0 Å². The molecule has 1 aromatic heterocycles. The molecule has 9 heteroatoms. The Morgan fingerprint density at radius 3 is 1.83 bits per heavy atom. The first-order chi connectivity index (χ1) is 23.1. The lowest BCUT2D eigenvalue weighted by atomic mass is 10.1. The van der Waals surface area contributed by atoms with E-state index in [9.17, 15) is 0 Å². The van der Waals surface area contributed by atoms with Crippen LogP contribution in [0.3, 0.4) is 0 Å². The molecule has 0 aliphatic rings. The quantitative estimate of drug-likeness (QED) is 0.0725. The zero-order chi connectivity index (χ0) is 33.0. The number of hydrogen-bond donors (Lipinski definition) is 0. The van der Waals surface area contributed by atoms with E-state index in [0.717, 1.165) is 58.6 Å². The van der Waals surface area contributed by atoms with Gasteiger partial charge in [-0.1, -0.05) is 30.4 Å². The number of thiazole rings is 1. The van der Waals surface area contributed by atoms with Crippen LogP contribution >= 0.6 is 11.3 Å².